The number of rotatable bonds is 4. The van der Waals surface area contributed by atoms with E-state index < -0.39 is 6.10 Å². The quantitative estimate of drug-likeness (QED) is 0.865. The number of ether oxygens (including phenoxy) is 1. The zero-order chi connectivity index (χ0) is 13.4. The van der Waals surface area contributed by atoms with Gasteiger partial charge in [-0.3, -0.25) is 4.79 Å². The van der Waals surface area contributed by atoms with Crippen LogP contribution in [0.15, 0.2) is 18.2 Å². The molecule has 2 aliphatic rings. The summed E-state index contributed by atoms with van der Waals surface area (Å²) in [6, 6.07) is 6.40. The molecule has 0 aromatic heterocycles. The molecule has 0 bridgehead atoms. The van der Waals surface area contributed by atoms with Crippen molar-refractivity contribution in [2.45, 2.75) is 50.8 Å². The first-order valence-electron chi connectivity index (χ1n) is 6.99. The van der Waals surface area contributed by atoms with E-state index in [1.54, 1.807) is 6.92 Å². The van der Waals surface area contributed by atoms with Crippen molar-refractivity contribution in [1.29, 1.82) is 0 Å². The third-order valence-corrected chi connectivity index (χ3v) is 3.87. The number of nitrogens with two attached hydrogens (primary N) is 1. The van der Waals surface area contributed by atoms with E-state index in [2.05, 4.69) is 11.4 Å². The molecule has 3 N–H and O–H groups in total. The number of nitrogens with one attached hydrogen (secondary N) is 1. The summed E-state index contributed by atoms with van der Waals surface area (Å²) >= 11 is 0. The lowest BCUT2D eigenvalue weighted by atomic mass is 10.1. The molecular weight excluding hydrogens is 240 g/mol. The molecule has 1 aromatic carbocycles. The van der Waals surface area contributed by atoms with Crippen LogP contribution in [-0.4, -0.2) is 18.1 Å². The van der Waals surface area contributed by atoms with Crippen LogP contribution >= 0.6 is 0 Å². The Balaban J connectivity index is 1.71. The summed E-state index contributed by atoms with van der Waals surface area (Å²) in [4.78, 5) is 11.9. The van der Waals surface area contributed by atoms with E-state index in [0.717, 1.165) is 37.0 Å². The summed E-state index contributed by atoms with van der Waals surface area (Å²) in [6.45, 7) is 1.80. The zero-order valence-corrected chi connectivity index (χ0v) is 11.2. The minimum atomic E-state index is -0.455. The number of hydrogen-bond acceptors (Lipinski definition) is 3. The molecule has 0 radical (unpaired) electrons. The van der Waals surface area contributed by atoms with Gasteiger partial charge < -0.3 is 15.8 Å². The average molecular weight is 260 g/mol. The summed E-state index contributed by atoms with van der Waals surface area (Å²) < 4.78 is 5.83. The molecule has 1 fully saturated rings. The van der Waals surface area contributed by atoms with Crippen LogP contribution in [0.2, 0.25) is 0 Å². The molecule has 0 spiro atoms. The first-order valence-corrected chi connectivity index (χ1v) is 6.99. The van der Waals surface area contributed by atoms with Gasteiger partial charge in [0, 0.05) is 12.1 Å². The van der Waals surface area contributed by atoms with Crippen LogP contribution < -0.4 is 15.8 Å². The average Bonchev–Trinajstić information content (AvgIpc) is 3.13. The van der Waals surface area contributed by atoms with Crippen molar-refractivity contribution in [3.05, 3.63) is 29.3 Å². The van der Waals surface area contributed by atoms with Crippen LogP contribution in [0.25, 0.3) is 0 Å². The topological polar surface area (TPSA) is 64.3 Å². The molecule has 102 valence electrons. The molecule has 2 aliphatic carbocycles. The molecule has 0 aliphatic heterocycles. The van der Waals surface area contributed by atoms with E-state index in [-0.39, 0.29) is 11.9 Å². The van der Waals surface area contributed by atoms with E-state index in [1.807, 2.05) is 12.1 Å². The highest BCUT2D eigenvalue weighted by atomic mass is 16.5. The van der Waals surface area contributed by atoms with Crippen molar-refractivity contribution in [3.8, 4) is 5.75 Å². The summed E-state index contributed by atoms with van der Waals surface area (Å²) in [6.07, 6.45) is 3.62. The molecule has 0 saturated heterocycles. The van der Waals surface area contributed by atoms with Crippen LogP contribution in [-0.2, 0) is 11.2 Å². The summed E-state index contributed by atoms with van der Waals surface area (Å²) in [7, 11) is 0. The van der Waals surface area contributed by atoms with Crippen molar-refractivity contribution in [3.63, 3.8) is 0 Å². The van der Waals surface area contributed by atoms with Gasteiger partial charge >= 0.3 is 0 Å². The third-order valence-electron chi connectivity index (χ3n) is 3.87. The van der Waals surface area contributed by atoms with E-state index in [9.17, 15) is 4.79 Å². The molecule has 1 aromatic rings. The molecule has 0 heterocycles. The Morgan fingerprint density at radius 2 is 2.21 bits per heavy atom. The lowest BCUT2D eigenvalue weighted by Gasteiger charge is -2.17. The molecule has 3 rings (SSSR count). The monoisotopic (exact) mass is 260 g/mol. The Bertz CT molecular complexity index is 497. The zero-order valence-electron chi connectivity index (χ0n) is 11.2. The highest BCUT2D eigenvalue weighted by Crippen LogP contribution is 2.35. The summed E-state index contributed by atoms with van der Waals surface area (Å²) in [5.41, 5.74) is 8.37. The number of benzene rings is 1. The number of carbonyl (C=O) groups excluding carboxylic acids is 1. The van der Waals surface area contributed by atoms with Crippen molar-refractivity contribution < 1.29 is 9.53 Å². The fourth-order valence-corrected chi connectivity index (χ4v) is 2.55. The molecule has 2 unspecified atom stereocenters. The van der Waals surface area contributed by atoms with Crippen LogP contribution in [0, 0.1) is 0 Å². The number of carbonyl (C=O) groups is 1. The van der Waals surface area contributed by atoms with Gasteiger partial charge in [0.2, 0.25) is 0 Å². The third kappa shape index (κ3) is 2.59. The van der Waals surface area contributed by atoms with Gasteiger partial charge in [0.25, 0.3) is 5.91 Å². The van der Waals surface area contributed by atoms with Crippen LogP contribution in [0.3, 0.4) is 0 Å². The molecule has 1 amide bonds. The minimum absolute atomic E-state index is 0.0256. The summed E-state index contributed by atoms with van der Waals surface area (Å²) in [5, 5.41) is 2.96. The van der Waals surface area contributed by atoms with Gasteiger partial charge in [0.15, 0.2) is 6.10 Å². The Kier molecular flexibility index (Phi) is 3.19. The molecule has 4 heteroatoms. The number of fused-ring (bicyclic) bond motifs is 1. The van der Waals surface area contributed by atoms with Gasteiger partial charge in [0.05, 0.1) is 0 Å². The smallest absolute Gasteiger partial charge is 0.260 e. The SMILES string of the molecule is CC(Oc1cccc2c1CCC2N)C(=O)NC1CC1. The van der Waals surface area contributed by atoms with Crippen LogP contribution in [0.1, 0.15) is 43.4 Å². The minimum Gasteiger partial charge on any atom is -0.481 e. The van der Waals surface area contributed by atoms with Gasteiger partial charge in [-0.05, 0) is 49.8 Å². The Labute approximate surface area is 113 Å². The van der Waals surface area contributed by atoms with Crippen molar-refractivity contribution in [2.24, 2.45) is 5.73 Å². The van der Waals surface area contributed by atoms with Crippen LogP contribution in [0.4, 0.5) is 0 Å². The van der Waals surface area contributed by atoms with E-state index in [4.69, 9.17) is 10.5 Å². The second kappa shape index (κ2) is 4.85. The van der Waals surface area contributed by atoms with Gasteiger partial charge in [-0.15, -0.1) is 0 Å². The van der Waals surface area contributed by atoms with Crippen molar-refractivity contribution in [1.82, 2.24) is 5.32 Å². The molecule has 19 heavy (non-hydrogen) atoms. The fraction of sp³-hybridized carbons (Fsp3) is 0.533. The summed E-state index contributed by atoms with van der Waals surface area (Å²) in [5.74, 6) is 0.784. The Morgan fingerprint density at radius 1 is 1.42 bits per heavy atom. The van der Waals surface area contributed by atoms with E-state index in [0.29, 0.717) is 6.04 Å². The molecule has 2 atom stereocenters. The Hall–Kier alpha value is -1.55. The number of amides is 1. The maximum Gasteiger partial charge on any atom is 0.260 e. The fourth-order valence-electron chi connectivity index (χ4n) is 2.55. The molecule has 4 nitrogen and oxygen atoms in total. The lowest BCUT2D eigenvalue weighted by molar-refractivity contribution is -0.127. The first-order chi connectivity index (χ1) is 9.15. The predicted molar refractivity (Wildman–Crippen MR) is 72.9 cm³/mol. The van der Waals surface area contributed by atoms with Gasteiger partial charge in [-0.1, -0.05) is 12.1 Å². The highest BCUT2D eigenvalue weighted by molar-refractivity contribution is 5.81. The normalized spacial score (nSPS) is 22.7. The van der Waals surface area contributed by atoms with Gasteiger partial charge in [0.1, 0.15) is 5.75 Å². The van der Waals surface area contributed by atoms with Crippen molar-refractivity contribution in [2.75, 3.05) is 0 Å². The Morgan fingerprint density at radius 3 is 2.95 bits per heavy atom. The van der Waals surface area contributed by atoms with Gasteiger partial charge in [-0.2, -0.15) is 0 Å². The maximum absolute atomic E-state index is 11.9. The van der Waals surface area contributed by atoms with Gasteiger partial charge in [-0.25, -0.2) is 0 Å². The molecular formula is C15H20N2O2. The lowest BCUT2D eigenvalue weighted by Crippen LogP contribution is -2.37. The second-order valence-corrected chi connectivity index (χ2v) is 5.51. The van der Waals surface area contributed by atoms with Crippen LogP contribution in [0.5, 0.6) is 5.75 Å². The second-order valence-electron chi connectivity index (χ2n) is 5.51. The molecule has 1 saturated carbocycles. The largest absolute Gasteiger partial charge is 0.481 e. The van der Waals surface area contributed by atoms with E-state index >= 15 is 0 Å². The predicted octanol–water partition coefficient (Wildman–Crippen LogP) is 1.68. The van der Waals surface area contributed by atoms with E-state index in [1.165, 1.54) is 5.56 Å². The van der Waals surface area contributed by atoms with Crippen molar-refractivity contribution >= 4 is 5.91 Å². The first kappa shape index (κ1) is 12.5. The standard InChI is InChI=1S/C15H20N2O2/c1-9(15(18)17-10-5-6-10)19-14-4-2-3-11-12(14)7-8-13(11)16/h2-4,9-10,13H,5-8,16H2,1H3,(H,17,18). The maximum atomic E-state index is 11.9. The highest BCUT2D eigenvalue weighted by Gasteiger charge is 2.28. The number of hydrogen-bond donors (Lipinski definition) is 2.